The monoisotopic (exact) mass is 333 g/mol. The average Bonchev–Trinajstić information content (AvgIpc) is 3.18. The Bertz CT molecular complexity index is 1150. The first kappa shape index (κ1) is 13.4. The van der Waals surface area contributed by atoms with E-state index in [2.05, 4.69) is 4.98 Å². The molecule has 0 bridgehead atoms. The van der Waals surface area contributed by atoms with Gasteiger partial charge in [-0.25, -0.2) is 9.88 Å². The lowest BCUT2D eigenvalue weighted by atomic mass is 10.2. The average molecular weight is 333 g/mol. The summed E-state index contributed by atoms with van der Waals surface area (Å²) in [5.74, 6) is -0.577. The number of para-hydroxylation sites is 2. The van der Waals surface area contributed by atoms with E-state index in [1.54, 1.807) is 16.5 Å². The normalized spacial score (nSPS) is 14.1. The van der Waals surface area contributed by atoms with E-state index in [-0.39, 0.29) is 11.8 Å². The van der Waals surface area contributed by atoms with Crippen molar-refractivity contribution in [3.8, 4) is 0 Å². The van der Waals surface area contributed by atoms with E-state index < -0.39 is 0 Å². The second-order valence-corrected chi connectivity index (χ2v) is 6.76. The van der Waals surface area contributed by atoms with Gasteiger partial charge in [-0.05, 0) is 31.2 Å². The molecule has 0 radical (unpaired) electrons. The lowest BCUT2D eigenvalue weighted by Crippen LogP contribution is -2.29. The van der Waals surface area contributed by atoms with E-state index >= 15 is 0 Å². The molecule has 1 aliphatic heterocycles. The maximum absolute atomic E-state index is 13.0. The van der Waals surface area contributed by atoms with Crippen LogP contribution < -0.4 is 4.90 Å². The van der Waals surface area contributed by atoms with Gasteiger partial charge in [0.15, 0.2) is 4.96 Å². The van der Waals surface area contributed by atoms with E-state index in [0.717, 1.165) is 16.6 Å². The molecule has 3 heterocycles. The topological polar surface area (TPSA) is 54.7 Å². The second kappa shape index (κ2) is 4.52. The van der Waals surface area contributed by atoms with Gasteiger partial charge in [-0.2, -0.15) is 0 Å². The number of imide groups is 1. The molecule has 0 aliphatic carbocycles. The van der Waals surface area contributed by atoms with Crippen LogP contribution in [0.3, 0.4) is 0 Å². The number of imidazole rings is 1. The van der Waals surface area contributed by atoms with Gasteiger partial charge >= 0.3 is 0 Å². The summed E-state index contributed by atoms with van der Waals surface area (Å²) >= 11 is 1.27. The van der Waals surface area contributed by atoms with Crippen LogP contribution in [0.4, 0.5) is 5.69 Å². The zero-order chi connectivity index (χ0) is 16.4. The number of rotatable bonds is 1. The Morgan fingerprint density at radius 2 is 1.71 bits per heavy atom. The van der Waals surface area contributed by atoms with Crippen LogP contribution in [0.15, 0.2) is 48.5 Å². The lowest BCUT2D eigenvalue weighted by molar-refractivity contribution is 0.0925. The molecule has 0 atom stereocenters. The number of fused-ring (bicyclic) bond motifs is 5. The highest BCUT2D eigenvalue weighted by atomic mass is 32.1. The van der Waals surface area contributed by atoms with Crippen molar-refractivity contribution in [3.05, 3.63) is 64.7 Å². The van der Waals surface area contributed by atoms with Gasteiger partial charge in [-0.1, -0.05) is 41.2 Å². The molecule has 5 nitrogen and oxygen atoms in total. The fourth-order valence-corrected chi connectivity index (χ4v) is 4.16. The molecule has 0 unspecified atom stereocenters. The molecule has 0 spiro atoms. The largest absolute Gasteiger partial charge is 0.284 e. The van der Waals surface area contributed by atoms with E-state index in [1.807, 2.05) is 43.3 Å². The number of hydrogen-bond donors (Lipinski definition) is 0. The summed E-state index contributed by atoms with van der Waals surface area (Å²) in [5, 5.41) is 0. The Kier molecular flexibility index (Phi) is 2.53. The van der Waals surface area contributed by atoms with Crippen molar-refractivity contribution >= 4 is 44.8 Å². The predicted molar refractivity (Wildman–Crippen MR) is 92.9 cm³/mol. The molecule has 116 valence electrons. The Hall–Kier alpha value is -2.99. The minimum Gasteiger partial charge on any atom is -0.277 e. The summed E-state index contributed by atoms with van der Waals surface area (Å²) in [4.78, 5) is 32.6. The lowest BCUT2D eigenvalue weighted by Gasteiger charge is -2.14. The van der Waals surface area contributed by atoms with Crippen LogP contribution >= 0.6 is 11.3 Å². The smallest absolute Gasteiger partial charge is 0.277 e. The third-order valence-electron chi connectivity index (χ3n) is 4.26. The highest BCUT2D eigenvalue weighted by Crippen LogP contribution is 2.36. The van der Waals surface area contributed by atoms with E-state index in [9.17, 15) is 9.59 Å². The number of nitrogens with zero attached hydrogens (tertiary/aromatic N) is 3. The molecule has 0 saturated heterocycles. The molecule has 0 N–H and O–H groups in total. The van der Waals surface area contributed by atoms with E-state index in [0.29, 0.717) is 21.2 Å². The summed E-state index contributed by atoms with van der Waals surface area (Å²) in [6.07, 6.45) is 0. The van der Waals surface area contributed by atoms with E-state index in [1.165, 1.54) is 16.2 Å². The zero-order valence-electron chi connectivity index (χ0n) is 12.7. The molecule has 2 aromatic heterocycles. The van der Waals surface area contributed by atoms with Crippen molar-refractivity contribution in [3.63, 3.8) is 0 Å². The summed E-state index contributed by atoms with van der Waals surface area (Å²) in [5.41, 5.74) is 3.75. The van der Waals surface area contributed by atoms with Gasteiger partial charge in [0.25, 0.3) is 11.8 Å². The number of aromatic nitrogens is 2. The number of anilines is 1. The Balaban J connectivity index is 1.75. The molecule has 4 aromatic rings. The van der Waals surface area contributed by atoms with Crippen molar-refractivity contribution in [1.29, 1.82) is 0 Å². The van der Waals surface area contributed by atoms with Crippen LogP contribution in [-0.2, 0) is 0 Å². The van der Waals surface area contributed by atoms with Crippen LogP contribution in [0.2, 0.25) is 0 Å². The molecule has 24 heavy (non-hydrogen) atoms. The number of benzene rings is 2. The quantitative estimate of drug-likeness (QED) is 0.500. The Morgan fingerprint density at radius 1 is 0.958 bits per heavy atom. The number of thiazole rings is 1. The minimum absolute atomic E-state index is 0.279. The molecular formula is C18H11N3O2S. The highest BCUT2D eigenvalue weighted by molar-refractivity contribution is 7.19. The highest BCUT2D eigenvalue weighted by Gasteiger charge is 2.41. The van der Waals surface area contributed by atoms with Crippen molar-refractivity contribution in [2.75, 3.05) is 4.90 Å². The Morgan fingerprint density at radius 3 is 2.50 bits per heavy atom. The molecule has 2 aromatic carbocycles. The van der Waals surface area contributed by atoms with Crippen LogP contribution in [0.1, 0.15) is 25.7 Å². The fraction of sp³-hybridized carbons (Fsp3) is 0.0556. The van der Waals surface area contributed by atoms with Gasteiger partial charge in [0, 0.05) is 0 Å². The van der Waals surface area contributed by atoms with Crippen LogP contribution in [0.5, 0.6) is 0 Å². The summed E-state index contributed by atoms with van der Waals surface area (Å²) in [6, 6.07) is 15.0. The van der Waals surface area contributed by atoms with Crippen molar-refractivity contribution in [1.82, 2.24) is 9.38 Å². The van der Waals surface area contributed by atoms with Crippen LogP contribution in [0, 0.1) is 6.92 Å². The predicted octanol–water partition coefficient (Wildman–Crippen LogP) is 3.66. The van der Waals surface area contributed by atoms with Crippen molar-refractivity contribution < 1.29 is 9.59 Å². The molecule has 0 saturated carbocycles. The minimum atomic E-state index is -0.298. The van der Waals surface area contributed by atoms with Crippen LogP contribution in [-0.4, -0.2) is 21.2 Å². The summed E-state index contributed by atoms with van der Waals surface area (Å²) in [7, 11) is 0. The van der Waals surface area contributed by atoms with Gasteiger partial charge in [0.2, 0.25) is 0 Å². The zero-order valence-corrected chi connectivity index (χ0v) is 13.5. The summed E-state index contributed by atoms with van der Waals surface area (Å²) < 4.78 is 1.80. The van der Waals surface area contributed by atoms with Gasteiger partial charge in [-0.3, -0.25) is 14.0 Å². The van der Waals surface area contributed by atoms with Crippen LogP contribution in [0.25, 0.3) is 16.0 Å². The molecule has 6 heteroatoms. The molecule has 5 rings (SSSR count). The third kappa shape index (κ3) is 1.60. The molecule has 0 fully saturated rings. The Labute approximate surface area is 140 Å². The first-order valence-electron chi connectivity index (χ1n) is 7.50. The van der Waals surface area contributed by atoms with Crippen molar-refractivity contribution in [2.24, 2.45) is 0 Å². The second-order valence-electron chi connectivity index (χ2n) is 5.78. The van der Waals surface area contributed by atoms with Gasteiger partial charge in [0.05, 0.1) is 16.7 Å². The maximum atomic E-state index is 13.0. The molecular weight excluding hydrogens is 322 g/mol. The molecule has 1 aliphatic rings. The molecule has 2 amide bonds. The maximum Gasteiger partial charge on any atom is 0.284 e. The number of carbonyl (C=O) groups is 2. The number of hydrogen-bond acceptors (Lipinski definition) is 4. The fourth-order valence-electron chi connectivity index (χ4n) is 3.10. The van der Waals surface area contributed by atoms with E-state index in [4.69, 9.17) is 0 Å². The number of amides is 2. The third-order valence-corrected chi connectivity index (χ3v) is 5.29. The first-order valence-corrected chi connectivity index (χ1v) is 8.32. The number of aryl methyl sites for hydroxylation is 1. The summed E-state index contributed by atoms with van der Waals surface area (Å²) in [6.45, 7) is 1.97. The SMILES string of the molecule is Cc1ccc(N2C(=O)c3sc4nc5ccccc5n4c3C2=O)cc1. The number of carbonyl (C=O) groups excluding carboxylic acids is 2. The van der Waals surface area contributed by atoms with Gasteiger partial charge in [-0.15, -0.1) is 0 Å². The standard InChI is InChI=1S/C18H11N3O2S/c1-10-6-8-11(9-7-10)20-16(22)14-15(17(20)23)24-18-19-12-4-2-3-5-13(12)21(14)18/h2-9H,1H3. The van der Waals surface area contributed by atoms with Gasteiger partial charge in [0.1, 0.15) is 10.6 Å². The first-order chi connectivity index (χ1) is 11.6. The van der Waals surface area contributed by atoms with Gasteiger partial charge < -0.3 is 0 Å². The van der Waals surface area contributed by atoms with Crippen molar-refractivity contribution in [2.45, 2.75) is 6.92 Å².